The van der Waals surface area contributed by atoms with Gasteiger partial charge in [-0.15, -0.1) is 0 Å². The maximum Gasteiger partial charge on any atom is 0.410 e. The second-order valence-electron chi connectivity index (χ2n) is 14.5. The van der Waals surface area contributed by atoms with E-state index in [1.165, 1.54) is 17.2 Å². The van der Waals surface area contributed by atoms with E-state index in [1.54, 1.807) is 54.5 Å². The topological polar surface area (TPSA) is 234 Å². The largest absolute Gasteiger partial charge is 0.477 e. The van der Waals surface area contributed by atoms with Crippen molar-refractivity contribution in [3.63, 3.8) is 0 Å². The number of hydrogen-bond acceptors (Lipinski definition) is 9. The van der Waals surface area contributed by atoms with Crippen molar-refractivity contribution in [2.45, 2.75) is 78.1 Å². The van der Waals surface area contributed by atoms with Crippen molar-refractivity contribution >= 4 is 58.1 Å². The van der Waals surface area contributed by atoms with Gasteiger partial charge >= 0.3 is 18.1 Å². The number of amides is 6. The van der Waals surface area contributed by atoms with Crippen molar-refractivity contribution in [3.8, 4) is 0 Å². The van der Waals surface area contributed by atoms with Crippen LogP contribution in [0.15, 0.2) is 47.4 Å². The Labute approximate surface area is 328 Å². The lowest BCUT2D eigenvalue weighted by molar-refractivity contribution is -0.151. The Balaban J connectivity index is 1.15. The number of rotatable bonds is 15. The molecule has 17 nitrogen and oxygen atoms in total. The van der Waals surface area contributed by atoms with Gasteiger partial charge in [0.05, 0.1) is 11.2 Å². The number of pyridine rings is 1. The Morgan fingerprint density at radius 2 is 1.65 bits per heavy atom. The molecule has 7 N–H and O–H groups in total. The highest BCUT2D eigenvalue weighted by Crippen LogP contribution is 2.41. The molecule has 2 fully saturated rings. The number of carbonyl (C=O) groups is 6. The van der Waals surface area contributed by atoms with Crippen molar-refractivity contribution in [3.05, 3.63) is 69.8 Å². The maximum absolute atomic E-state index is 15.3. The monoisotopic (exact) mass is 792 g/mol. The molecular weight excluding hydrogens is 743 g/mol. The number of nitrogens with zero attached hydrogens (tertiary/aromatic N) is 3. The van der Waals surface area contributed by atoms with Crippen molar-refractivity contribution in [2.24, 2.45) is 11.1 Å². The van der Waals surface area contributed by atoms with Crippen LogP contribution >= 0.6 is 0 Å². The van der Waals surface area contributed by atoms with Gasteiger partial charge in [0.1, 0.15) is 29.4 Å². The van der Waals surface area contributed by atoms with Crippen LogP contribution in [0.4, 0.5) is 25.4 Å². The van der Waals surface area contributed by atoms with E-state index in [0.717, 1.165) is 6.07 Å². The molecule has 0 spiro atoms. The van der Waals surface area contributed by atoms with E-state index in [2.05, 4.69) is 21.3 Å². The number of benzene rings is 2. The Morgan fingerprint density at radius 1 is 0.982 bits per heavy atom. The zero-order valence-electron chi connectivity index (χ0n) is 32.2. The van der Waals surface area contributed by atoms with Crippen molar-refractivity contribution < 1.29 is 43.0 Å². The molecule has 3 aromatic rings. The van der Waals surface area contributed by atoms with Gasteiger partial charge in [0.15, 0.2) is 0 Å². The quantitative estimate of drug-likeness (QED) is 0.0973. The van der Waals surface area contributed by atoms with Gasteiger partial charge in [-0.05, 0) is 76.3 Å². The number of nitrogens with one attached hydrogen (secondary N) is 4. The zero-order valence-corrected chi connectivity index (χ0v) is 32.2. The number of carboxylic acids is 1. The van der Waals surface area contributed by atoms with Crippen molar-refractivity contribution in [1.82, 2.24) is 25.4 Å². The maximum atomic E-state index is 15.3. The molecule has 306 valence electrons. The highest BCUT2D eigenvalue weighted by Gasteiger charge is 2.51. The molecule has 0 bridgehead atoms. The van der Waals surface area contributed by atoms with Gasteiger partial charge in [0, 0.05) is 62.6 Å². The first-order valence-corrected chi connectivity index (χ1v) is 18.9. The number of primary amides is 1. The standard InChI is InChI=1S/C39H49FN8O9/c1-4-46-21-27(34(51)52)32(49)26-19-28(40)31(20-30(26)46)47-15-17-48(18-16-47)38(56)57-22-24-8-10-25(11-9-24)44-33(50)29(7-5-14-42-37(41)55)45-36(54)39(12-6-13-39)35(53)43-23(2)3/h8-11,19-21,23,29H,4-7,12-18,22H2,1-3H3,(H,43,53)(H,44,50)(H,45,54)(H,51,52)(H3,41,42,55). The second-order valence-corrected chi connectivity index (χ2v) is 14.5. The lowest BCUT2D eigenvalue weighted by Crippen LogP contribution is -2.59. The summed E-state index contributed by atoms with van der Waals surface area (Å²) >= 11 is 0. The number of aromatic carboxylic acids is 1. The van der Waals surface area contributed by atoms with E-state index in [-0.39, 0.29) is 68.8 Å². The number of hydrogen-bond donors (Lipinski definition) is 6. The van der Waals surface area contributed by atoms with E-state index in [9.17, 15) is 38.7 Å². The third-order valence-corrected chi connectivity index (χ3v) is 10.3. The molecule has 6 amide bonds. The Bertz CT molecular complexity index is 2080. The first kappa shape index (κ1) is 42.0. The van der Waals surface area contributed by atoms with E-state index in [0.29, 0.717) is 49.0 Å². The van der Waals surface area contributed by atoms with Gasteiger partial charge in [-0.3, -0.25) is 19.2 Å². The fourth-order valence-corrected chi connectivity index (χ4v) is 6.91. The molecule has 1 aliphatic carbocycles. The van der Waals surface area contributed by atoms with Crippen LogP contribution in [0, 0.1) is 11.2 Å². The molecule has 18 heteroatoms. The van der Waals surface area contributed by atoms with Crippen molar-refractivity contribution in [1.29, 1.82) is 0 Å². The minimum Gasteiger partial charge on any atom is -0.477 e. The number of carboxylic acid groups (broad SMARTS) is 1. The van der Waals surface area contributed by atoms with Crippen LogP contribution in [-0.2, 0) is 32.3 Å². The molecule has 1 unspecified atom stereocenters. The predicted molar refractivity (Wildman–Crippen MR) is 208 cm³/mol. The molecule has 2 heterocycles. The van der Waals surface area contributed by atoms with Gasteiger partial charge in [-0.25, -0.2) is 18.8 Å². The molecule has 1 aliphatic heterocycles. The summed E-state index contributed by atoms with van der Waals surface area (Å²) in [5, 5.41) is 20.2. The highest BCUT2D eigenvalue weighted by molar-refractivity contribution is 6.08. The van der Waals surface area contributed by atoms with Gasteiger partial charge < -0.3 is 51.2 Å². The fraction of sp³-hybridized carbons (Fsp3) is 0.462. The molecule has 2 aliphatic rings. The normalized spacial score (nSPS) is 15.3. The number of urea groups is 1. The predicted octanol–water partition coefficient (Wildman–Crippen LogP) is 2.88. The highest BCUT2D eigenvalue weighted by atomic mass is 19.1. The molecular formula is C39H49FN8O9. The van der Waals surface area contributed by atoms with E-state index >= 15 is 4.39 Å². The van der Waals surface area contributed by atoms with Crippen LogP contribution in [0.5, 0.6) is 0 Å². The molecule has 0 radical (unpaired) electrons. The third kappa shape index (κ3) is 9.79. The number of anilines is 2. The number of aryl methyl sites for hydroxylation is 1. The summed E-state index contributed by atoms with van der Waals surface area (Å²) in [6.07, 6.45) is 2.61. The number of aromatic nitrogens is 1. The summed E-state index contributed by atoms with van der Waals surface area (Å²) < 4.78 is 22.4. The molecule has 57 heavy (non-hydrogen) atoms. The number of fused-ring (bicyclic) bond motifs is 1. The number of halogens is 1. The SMILES string of the molecule is CCn1cc(C(=O)O)c(=O)c2cc(F)c(N3CCN(C(=O)OCc4ccc(NC(=O)C(CCCNC(N)=O)NC(=O)C5(C(=O)NC(C)C)CCC5)cc4)CC3)cc21. The summed E-state index contributed by atoms with van der Waals surface area (Å²) in [6, 6.07) is 7.28. The van der Waals surface area contributed by atoms with Crippen LogP contribution in [0.2, 0.25) is 0 Å². The number of ether oxygens (including phenoxy) is 1. The summed E-state index contributed by atoms with van der Waals surface area (Å²) in [4.78, 5) is 91.4. The summed E-state index contributed by atoms with van der Waals surface area (Å²) in [7, 11) is 0. The zero-order chi connectivity index (χ0) is 41.4. The van der Waals surface area contributed by atoms with E-state index in [1.807, 2.05) is 0 Å². The average Bonchev–Trinajstić information content (AvgIpc) is 3.14. The van der Waals surface area contributed by atoms with Crippen molar-refractivity contribution in [2.75, 3.05) is 42.9 Å². The third-order valence-electron chi connectivity index (χ3n) is 10.3. The first-order valence-electron chi connectivity index (χ1n) is 18.9. The summed E-state index contributed by atoms with van der Waals surface area (Å²) in [6.45, 7) is 6.91. The van der Waals surface area contributed by atoms with Gasteiger partial charge in [0.2, 0.25) is 23.2 Å². The average molecular weight is 793 g/mol. The Kier molecular flexibility index (Phi) is 13.4. The lowest BCUT2D eigenvalue weighted by Gasteiger charge is -2.39. The Hall–Kier alpha value is -6.20. The molecule has 1 aromatic heterocycles. The van der Waals surface area contributed by atoms with Gasteiger partial charge in [-0.1, -0.05) is 18.6 Å². The number of piperazine rings is 1. The van der Waals surface area contributed by atoms with Crippen LogP contribution < -0.4 is 37.3 Å². The first-order chi connectivity index (χ1) is 27.1. The summed E-state index contributed by atoms with van der Waals surface area (Å²) in [5.41, 5.74) is 4.39. The number of carbonyl (C=O) groups excluding carboxylic acids is 5. The fourth-order valence-electron chi connectivity index (χ4n) is 6.91. The van der Waals surface area contributed by atoms with Gasteiger partial charge in [-0.2, -0.15) is 0 Å². The molecule has 2 aromatic carbocycles. The number of nitrogens with two attached hydrogens (primary N) is 1. The minimum absolute atomic E-state index is 0.0268. The van der Waals surface area contributed by atoms with Gasteiger partial charge in [0.25, 0.3) is 0 Å². The lowest BCUT2D eigenvalue weighted by atomic mass is 9.67. The smallest absolute Gasteiger partial charge is 0.410 e. The second kappa shape index (κ2) is 18.2. The molecule has 1 atom stereocenters. The molecule has 1 saturated carbocycles. The summed E-state index contributed by atoms with van der Waals surface area (Å²) in [5.74, 6) is -3.49. The van der Waals surface area contributed by atoms with Crippen LogP contribution in [0.1, 0.15) is 68.8 Å². The molecule has 5 rings (SSSR count). The van der Waals surface area contributed by atoms with E-state index in [4.69, 9.17) is 10.5 Å². The van der Waals surface area contributed by atoms with Crippen LogP contribution in [0.3, 0.4) is 0 Å². The minimum atomic E-state index is -1.39. The van der Waals surface area contributed by atoms with E-state index < -0.39 is 58.2 Å². The van der Waals surface area contributed by atoms with Crippen LogP contribution in [0.25, 0.3) is 10.9 Å². The molecule has 1 saturated heterocycles. The Morgan fingerprint density at radius 3 is 2.23 bits per heavy atom. The van der Waals surface area contributed by atoms with Crippen LogP contribution in [-0.4, -0.2) is 95.2 Å².